The number of fused-ring (bicyclic) bond motifs is 1. The number of anilines is 1. The Bertz CT molecular complexity index is 1080. The van der Waals surface area contributed by atoms with Crippen LogP contribution in [0.1, 0.15) is 47.3 Å². The number of hydrogen-bond donors (Lipinski definition) is 2. The molecule has 9 heteroatoms. The van der Waals surface area contributed by atoms with Crippen molar-refractivity contribution in [3.8, 4) is 0 Å². The van der Waals surface area contributed by atoms with Crippen LogP contribution >= 0.6 is 0 Å². The fourth-order valence-electron chi connectivity index (χ4n) is 4.60. The van der Waals surface area contributed by atoms with Gasteiger partial charge in [0.15, 0.2) is 0 Å². The van der Waals surface area contributed by atoms with E-state index in [1.165, 1.54) is 0 Å². The maximum Gasteiger partial charge on any atom is 0.255 e. The molecule has 1 saturated heterocycles. The van der Waals surface area contributed by atoms with Crippen molar-refractivity contribution in [3.05, 3.63) is 59.3 Å². The van der Waals surface area contributed by atoms with Crippen LogP contribution < -0.4 is 15.5 Å². The molecule has 5 rings (SSSR count). The van der Waals surface area contributed by atoms with Gasteiger partial charge >= 0.3 is 0 Å². The van der Waals surface area contributed by atoms with Gasteiger partial charge in [-0.1, -0.05) is 24.3 Å². The molecule has 9 nitrogen and oxygen atoms in total. The average Bonchev–Trinajstić information content (AvgIpc) is 3.65. The summed E-state index contributed by atoms with van der Waals surface area (Å²) in [5.41, 5.74) is 2.15. The van der Waals surface area contributed by atoms with Crippen molar-refractivity contribution in [3.63, 3.8) is 0 Å². The van der Waals surface area contributed by atoms with Gasteiger partial charge in [0.1, 0.15) is 11.9 Å². The van der Waals surface area contributed by atoms with Gasteiger partial charge in [0.25, 0.3) is 5.91 Å². The van der Waals surface area contributed by atoms with Gasteiger partial charge in [-0.15, -0.1) is 0 Å². The van der Waals surface area contributed by atoms with Crippen LogP contribution in [0.15, 0.2) is 42.6 Å². The van der Waals surface area contributed by atoms with Crippen LogP contribution in [-0.4, -0.2) is 66.0 Å². The first kappa shape index (κ1) is 22.3. The summed E-state index contributed by atoms with van der Waals surface area (Å²) in [4.78, 5) is 46.5. The Labute approximate surface area is 198 Å². The average molecular weight is 464 g/mol. The Kier molecular flexibility index (Phi) is 6.19. The Morgan fingerprint density at radius 2 is 1.97 bits per heavy atom. The fourth-order valence-corrected chi connectivity index (χ4v) is 4.60. The predicted octanol–water partition coefficient (Wildman–Crippen LogP) is 1.40. The van der Waals surface area contributed by atoms with Crippen molar-refractivity contribution >= 4 is 23.5 Å². The highest BCUT2D eigenvalue weighted by molar-refractivity contribution is 6.05. The van der Waals surface area contributed by atoms with Gasteiger partial charge in [-0.25, -0.2) is 4.98 Å². The molecule has 34 heavy (non-hydrogen) atoms. The number of carbonyl (C=O) groups excluding carboxylic acids is 3. The Morgan fingerprint density at radius 1 is 1.15 bits per heavy atom. The maximum absolute atomic E-state index is 13.0. The van der Waals surface area contributed by atoms with Gasteiger partial charge < -0.3 is 25.2 Å². The van der Waals surface area contributed by atoms with E-state index in [1.807, 2.05) is 31.2 Å². The maximum atomic E-state index is 13.0. The fraction of sp³-hybridized carbons (Fsp3) is 0.440. The summed E-state index contributed by atoms with van der Waals surface area (Å²) in [6.45, 7) is 4.51. The second-order valence-corrected chi connectivity index (χ2v) is 9.08. The molecule has 0 spiro atoms. The number of nitrogens with zero attached hydrogens (tertiary/aromatic N) is 3. The van der Waals surface area contributed by atoms with Crippen LogP contribution in [0.4, 0.5) is 5.82 Å². The topological polar surface area (TPSA) is 104 Å². The van der Waals surface area contributed by atoms with Gasteiger partial charge in [0, 0.05) is 37.4 Å². The zero-order valence-corrected chi connectivity index (χ0v) is 19.2. The number of rotatable bonds is 7. The third-order valence-corrected chi connectivity index (χ3v) is 6.47. The quantitative estimate of drug-likeness (QED) is 0.643. The second kappa shape index (κ2) is 9.42. The van der Waals surface area contributed by atoms with E-state index in [-0.39, 0.29) is 36.4 Å². The standard InChI is InChI=1S/C25H29N5O4/c1-16-15-29(10-11-34-16)21-9-6-17(12-26-21)13-27-22(31)14-28-24(32)23-19-4-2-3-5-20(19)25(33)30(23)18-7-8-18/h2-6,9,12,16,18,23H,7-8,10-11,13-15H2,1H3,(H,27,31)(H,28,32). The van der Waals surface area contributed by atoms with Crippen LogP contribution in [0.25, 0.3) is 0 Å². The number of pyridine rings is 1. The number of amides is 3. The smallest absolute Gasteiger partial charge is 0.255 e. The van der Waals surface area contributed by atoms with Crippen molar-refractivity contribution in [2.24, 2.45) is 0 Å². The molecule has 0 bridgehead atoms. The van der Waals surface area contributed by atoms with Gasteiger partial charge in [0.05, 0.1) is 19.3 Å². The normalized spacial score (nSPS) is 21.9. The second-order valence-electron chi connectivity index (χ2n) is 9.08. The summed E-state index contributed by atoms with van der Waals surface area (Å²) in [5, 5.41) is 5.53. The van der Waals surface area contributed by atoms with E-state index in [0.717, 1.165) is 37.3 Å². The molecule has 1 saturated carbocycles. The molecule has 1 aromatic heterocycles. The third kappa shape index (κ3) is 4.61. The number of nitrogens with one attached hydrogen (secondary N) is 2. The highest BCUT2D eigenvalue weighted by atomic mass is 16.5. The molecule has 178 valence electrons. The summed E-state index contributed by atoms with van der Waals surface area (Å²) in [7, 11) is 0. The molecule has 3 aliphatic rings. The lowest BCUT2D eigenvalue weighted by atomic mass is 10.0. The SMILES string of the molecule is CC1CN(c2ccc(CNC(=O)CNC(=O)C3c4ccccc4C(=O)N3C3CC3)cn2)CCO1. The number of ether oxygens (including phenoxy) is 1. The zero-order valence-electron chi connectivity index (χ0n) is 19.2. The highest BCUT2D eigenvalue weighted by Gasteiger charge is 2.47. The number of carbonyl (C=O) groups is 3. The predicted molar refractivity (Wildman–Crippen MR) is 125 cm³/mol. The van der Waals surface area contributed by atoms with E-state index in [2.05, 4.69) is 20.5 Å². The minimum absolute atomic E-state index is 0.0978. The Morgan fingerprint density at radius 3 is 2.71 bits per heavy atom. The minimum Gasteiger partial charge on any atom is -0.375 e. The lowest BCUT2D eigenvalue weighted by Gasteiger charge is -2.32. The van der Waals surface area contributed by atoms with Gasteiger partial charge in [-0.3, -0.25) is 14.4 Å². The van der Waals surface area contributed by atoms with Crippen molar-refractivity contribution < 1.29 is 19.1 Å². The van der Waals surface area contributed by atoms with Crippen LogP contribution in [0.2, 0.25) is 0 Å². The molecular formula is C25H29N5O4. The van der Waals surface area contributed by atoms with Gasteiger partial charge in [-0.05, 0) is 43.0 Å². The summed E-state index contributed by atoms with van der Waals surface area (Å²) in [5.74, 6) is 0.162. The van der Waals surface area contributed by atoms with E-state index >= 15 is 0 Å². The molecule has 1 aromatic carbocycles. The van der Waals surface area contributed by atoms with Crippen LogP contribution in [0, 0.1) is 0 Å². The Balaban J connectivity index is 1.13. The molecule has 1 aliphatic carbocycles. The summed E-state index contributed by atoms with van der Waals surface area (Å²) in [6.07, 6.45) is 3.74. The number of hydrogen-bond acceptors (Lipinski definition) is 6. The van der Waals surface area contributed by atoms with E-state index in [1.54, 1.807) is 23.2 Å². The van der Waals surface area contributed by atoms with E-state index in [4.69, 9.17) is 4.74 Å². The van der Waals surface area contributed by atoms with Gasteiger partial charge in [0.2, 0.25) is 11.8 Å². The highest BCUT2D eigenvalue weighted by Crippen LogP contribution is 2.41. The molecule has 2 unspecified atom stereocenters. The molecule has 3 amide bonds. The molecule has 2 aliphatic heterocycles. The minimum atomic E-state index is -0.677. The summed E-state index contributed by atoms with van der Waals surface area (Å²) >= 11 is 0. The van der Waals surface area contributed by atoms with Crippen molar-refractivity contribution in [1.29, 1.82) is 0 Å². The first-order valence-electron chi connectivity index (χ1n) is 11.8. The van der Waals surface area contributed by atoms with Crippen LogP contribution in [0.3, 0.4) is 0 Å². The van der Waals surface area contributed by atoms with Crippen LogP contribution in [0.5, 0.6) is 0 Å². The number of morpholine rings is 1. The molecule has 3 heterocycles. The molecule has 0 radical (unpaired) electrons. The molecule has 2 atom stereocenters. The molecule has 2 N–H and O–H groups in total. The van der Waals surface area contributed by atoms with E-state index in [9.17, 15) is 14.4 Å². The Hall–Kier alpha value is -3.46. The van der Waals surface area contributed by atoms with Crippen molar-refractivity contribution in [2.75, 3.05) is 31.1 Å². The lowest BCUT2D eigenvalue weighted by molar-refractivity contribution is -0.129. The summed E-state index contributed by atoms with van der Waals surface area (Å²) < 4.78 is 5.57. The van der Waals surface area contributed by atoms with Crippen LogP contribution in [-0.2, 0) is 20.9 Å². The van der Waals surface area contributed by atoms with E-state index in [0.29, 0.717) is 24.3 Å². The zero-order chi connectivity index (χ0) is 23.7. The van der Waals surface area contributed by atoms with Crippen molar-refractivity contribution in [2.45, 2.75) is 44.5 Å². The number of aromatic nitrogens is 1. The summed E-state index contributed by atoms with van der Waals surface area (Å²) in [6, 6.07) is 10.5. The number of benzene rings is 1. The first-order valence-corrected chi connectivity index (χ1v) is 11.8. The van der Waals surface area contributed by atoms with Crippen molar-refractivity contribution in [1.82, 2.24) is 20.5 Å². The first-order chi connectivity index (χ1) is 16.5. The molecular weight excluding hydrogens is 434 g/mol. The van der Waals surface area contributed by atoms with E-state index < -0.39 is 6.04 Å². The monoisotopic (exact) mass is 463 g/mol. The molecule has 2 aromatic rings. The molecule has 2 fully saturated rings. The largest absolute Gasteiger partial charge is 0.375 e. The lowest BCUT2D eigenvalue weighted by Crippen LogP contribution is -2.43. The third-order valence-electron chi connectivity index (χ3n) is 6.47. The van der Waals surface area contributed by atoms with Gasteiger partial charge in [-0.2, -0.15) is 0 Å².